The van der Waals surface area contributed by atoms with E-state index in [4.69, 9.17) is 4.74 Å². The Hall–Kier alpha value is -2.82. The molecule has 0 aliphatic heterocycles. The molecule has 0 heterocycles. The second kappa shape index (κ2) is 11.0. The number of aryl methyl sites for hydroxylation is 1. The average Bonchev–Trinajstić information content (AvgIpc) is 2.74. The largest absolute Gasteiger partial charge is 0.484 e. The number of benzene rings is 2. The summed E-state index contributed by atoms with van der Waals surface area (Å²) in [6.07, 6.45) is 0.845. The summed E-state index contributed by atoms with van der Waals surface area (Å²) in [7, 11) is 0. The Morgan fingerprint density at radius 1 is 1.03 bits per heavy atom. The Morgan fingerprint density at radius 2 is 1.65 bits per heavy atom. The van der Waals surface area contributed by atoms with Crippen molar-refractivity contribution >= 4 is 11.8 Å². The molecule has 0 aliphatic carbocycles. The number of carbonyl (C=O) groups excluding carboxylic acids is 2. The van der Waals surface area contributed by atoms with E-state index in [1.807, 2.05) is 62.4 Å². The second-order valence-corrected chi connectivity index (χ2v) is 9.04. The molecule has 0 aliphatic rings. The Kier molecular flexibility index (Phi) is 8.66. The maximum absolute atomic E-state index is 13.1. The zero-order chi connectivity index (χ0) is 23.0. The molecule has 1 atom stereocenters. The number of amides is 2. The van der Waals surface area contributed by atoms with E-state index in [0.29, 0.717) is 18.8 Å². The maximum Gasteiger partial charge on any atom is 0.261 e. The van der Waals surface area contributed by atoms with Crippen molar-refractivity contribution in [2.24, 2.45) is 0 Å². The first kappa shape index (κ1) is 24.4. The van der Waals surface area contributed by atoms with Gasteiger partial charge in [-0.3, -0.25) is 9.59 Å². The number of carbonyl (C=O) groups is 2. The van der Waals surface area contributed by atoms with E-state index in [1.165, 1.54) is 5.56 Å². The number of nitrogens with zero attached hydrogens (tertiary/aromatic N) is 1. The fourth-order valence-corrected chi connectivity index (χ4v) is 3.15. The molecule has 2 amide bonds. The number of hydrogen-bond donors (Lipinski definition) is 1. The standard InChI is InChI=1S/C26H36N2O3/c1-7-16-27-25(30)20(3)28(17-21-10-8-19(2)9-11-21)24(29)18-31-23-14-12-22(13-15-23)26(4,5)6/h8-15,20H,7,16-18H2,1-6H3,(H,27,30)/t20-/m0/s1. The fraction of sp³-hybridized carbons (Fsp3) is 0.462. The lowest BCUT2D eigenvalue weighted by Crippen LogP contribution is -2.49. The first-order valence-corrected chi connectivity index (χ1v) is 11.0. The second-order valence-electron chi connectivity index (χ2n) is 9.04. The van der Waals surface area contributed by atoms with Crippen LogP contribution >= 0.6 is 0 Å². The minimum Gasteiger partial charge on any atom is -0.484 e. The summed E-state index contributed by atoms with van der Waals surface area (Å²) < 4.78 is 5.76. The molecule has 31 heavy (non-hydrogen) atoms. The highest BCUT2D eigenvalue weighted by Gasteiger charge is 2.26. The van der Waals surface area contributed by atoms with Crippen LogP contribution in [0.5, 0.6) is 5.75 Å². The SMILES string of the molecule is CCCNC(=O)[C@H](C)N(Cc1ccc(C)cc1)C(=O)COc1ccc(C(C)(C)C)cc1. The van der Waals surface area contributed by atoms with Crippen LogP contribution in [0.15, 0.2) is 48.5 Å². The molecule has 0 fully saturated rings. The van der Waals surface area contributed by atoms with Crippen LogP contribution in [0.2, 0.25) is 0 Å². The highest BCUT2D eigenvalue weighted by molar-refractivity contribution is 5.87. The van der Waals surface area contributed by atoms with E-state index in [1.54, 1.807) is 11.8 Å². The summed E-state index contributed by atoms with van der Waals surface area (Å²) in [6.45, 7) is 13.1. The van der Waals surface area contributed by atoms with Crippen LogP contribution in [0.1, 0.15) is 57.7 Å². The van der Waals surface area contributed by atoms with Crippen LogP contribution in [-0.4, -0.2) is 35.9 Å². The molecule has 5 nitrogen and oxygen atoms in total. The number of nitrogens with one attached hydrogen (secondary N) is 1. The molecule has 2 rings (SSSR count). The lowest BCUT2D eigenvalue weighted by Gasteiger charge is -2.29. The third-order valence-corrected chi connectivity index (χ3v) is 5.27. The van der Waals surface area contributed by atoms with Crippen molar-refractivity contribution in [3.05, 3.63) is 65.2 Å². The molecule has 0 saturated carbocycles. The molecule has 2 aromatic carbocycles. The van der Waals surface area contributed by atoms with Gasteiger partial charge in [-0.1, -0.05) is 69.7 Å². The lowest BCUT2D eigenvalue weighted by molar-refractivity contribution is -0.142. The van der Waals surface area contributed by atoms with E-state index in [0.717, 1.165) is 17.5 Å². The van der Waals surface area contributed by atoms with Gasteiger partial charge in [0.15, 0.2) is 6.61 Å². The van der Waals surface area contributed by atoms with Gasteiger partial charge in [0.05, 0.1) is 0 Å². The summed E-state index contributed by atoms with van der Waals surface area (Å²) in [5, 5.41) is 2.88. The summed E-state index contributed by atoms with van der Waals surface area (Å²) in [6, 6.07) is 15.2. The van der Waals surface area contributed by atoms with Crippen molar-refractivity contribution in [2.75, 3.05) is 13.2 Å². The van der Waals surface area contributed by atoms with Crippen molar-refractivity contribution in [1.82, 2.24) is 10.2 Å². The monoisotopic (exact) mass is 424 g/mol. The minimum atomic E-state index is -0.591. The minimum absolute atomic E-state index is 0.0560. The molecular formula is C26H36N2O3. The first-order chi connectivity index (χ1) is 14.6. The molecule has 0 radical (unpaired) electrons. The van der Waals surface area contributed by atoms with Crippen LogP contribution in [0.3, 0.4) is 0 Å². The summed E-state index contributed by atoms with van der Waals surface area (Å²) in [5.41, 5.74) is 3.38. The van der Waals surface area contributed by atoms with Gasteiger partial charge in [-0.25, -0.2) is 0 Å². The van der Waals surface area contributed by atoms with Gasteiger partial charge in [0.25, 0.3) is 5.91 Å². The Morgan fingerprint density at radius 3 is 2.19 bits per heavy atom. The van der Waals surface area contributed by atoms with E-state index < -0.39 is 6.04 Å². The van der Waals surface area contributed by atoms with E-state index in [9.17, 15) is 9.59 Å². The molecule has 0 saturated heterocycles. The highest BCUT2D eigenvalue weighted by atomic mass is 16.5. The zero-order valence-corrected chi connectivity index (χ0v) is 19.7. The smallest absolute Gasteiger partial charge is 0.261 e. The maximum atomic E-state index is 13.1. The van der Waals surface area contributed by atoms with Gasteiger partial charge in [0.1, 0.15) is 11.8 Å². The lowest BCUT2D eigenvalue weighted by atomic mass is 9.87. The average molecular weight is 425 g/mol. The predicted octanol–water partition coefficient (Wildman–Crippen LogP) is 4.61. The van der Waals surface area contributed by atoms with Gasteiger partial charge in [-0.2, -0.15) is 0 Å². The van der Waals surface area contributed by atoms with E-state index in [-0.39, 0.29) is 23.8 Å². The molecule has 0 spiro atoms. The molecular weight excluding hydrogens is 388 g/mol. The van der Waals surface area contributed by atoms with Crippen molar-refractivity contribution in [2.45, 2.75) is 66.0 Å². The molecule has 0 aromatic heterocycles. The predicted molar refractivity (Wildman–Crippen MR) is 125 cm³/mol. The normalized spacial score (nSPS) is 12.2. The molecule has 2 aromatic rings. The van der Waals surface area contributed by atoms with Gasteiger partial charge < -0.3 is 15.0 Å². The molecule has 0 bridgehead atoms. The molecule has 1 N–H and O–H groups in total. The van der Waals surface area contributed by atoms with E-state index in [2.05, 4.69) is 26.1 Å². The van der Waals surface area contributed by atoms with Crippen molar-refractivity contribution in [1.29, 1.82) is 0 Å². The van der Waals surface area contributed by atoms with Gasteiger partial charge in [-0.15, -0.1) is 0 Å². The Balaban J connectivity index is 2.10. The highest BCUT2D eigenvalue weighted by Crippen LogP contribution is 2.24. The zero-order valence-electron chi connectivity index (χ0n) is 19.7. The Labute approximate surface area is 186 Å². The summed E-state index contributed by atoms with van der Waals surface area (Å²) in [5.74, 6) is 0.260. The van der Waals surface area contributed by atoms with Crippen molar-refractivity contribution in [3.8, 4) is 5.75 Å². The topological polar surface area (TPSA) is 58.6 Å². The van der Waals surface area contributed by atoms with Crippen LogP contribution in [0, 0.1) is 6.92 Å². The summed E-state index contributed by atoms with van der Waals surface area (Å²) in [4.78, 5) is 27.2. The van der Waals surface area contributed by atoms with Crippen LogP contribution in [0.25, 0.3) is 0 Å². The van der Waals surface area contributed by atoms with Crippen LogP contribution < -0.4 is 10.1 Å². The fourth-order valence-electron chi connectivity index (χ4n) is 3.15. The van der Waals surface area contributed by atoms with Crippen molar-refractivity contribution in [3.63, 3.8) is 0 Å². The van der Waals surface area contributed by atoms with Crippen LogP contribution in [-0.2, 0) is 21.5 Å². The van der Waals surface area contributed by atoms with Crippen molar-refractivity contribution < 1.29 is 14.3 Å². The summed E-state index contributed by atoms with van der Waals surface area (Å²) >= 11 is 0. The molecule has 168 valence electrons. The quantitative estimate of drug-likeness (QED) is 0.639. The molecule has 0 unspecified atom stereocenters. The van der Waals surface area contributed by atoms with Gasteiger partial charge in [0.2, 0.25) is 5.91 Å². The first-order valence-electron chi connectivity index (χ1n) is 11.0. The molecule has 5 heteroatoms. The van der Waals surface area contributed by atoms with Gasteiger partial charge in [0, 0.05) is 13.1 Å². The number of rotatable bonds is 9. The van der Waals surface area contributed by atoms with Gasteiger partial charge >= 0.3 is 0 Å². The third-order valence-electron chi connectivity index (χ3n) is 5.27. The van der Waals surface area contributed by atoms with E-state index >= 15 is 0 Å². The van der Waals surface area contributed by atoms with Gasteiger partial charge in [-0.05, 0) is 48.9 Å². The van der Waals surface area contributed by atoms with Crippen LogP contribution in [0.4, 0.5) is 0 Å². The third kappa shape index (κ3) is 7.42. The number of hydrogen-bond acceptors (Lipinski definition) is 3. The number of ether oxygens (including phenoxy) is 1. The Bertz CT molecular complexity index is 852.